The van der Waals surface area contributed by atoms with Crippen LogP contribution in [0.5, 0.6) is 0 Å². The Bertz CT molecular complexity index is 285. The van der Waals surface area contributed by atoms with E-state index in [9.17, 15) is 17.6 Å². The van der Waals surface area contributed by atoms with Gasteiger partial charge in [0.1, 0.15) is 7.85 Å². The molecule has 19 heavy (non-hydrogen) atoms. The lowest BCUT2D eigenvalue weighted by molar-refractivity contribution is -0.200. The maximum absolute atomic E-state index is 13.2. The average molecular weight is 298 g/mol. The molecule has 0 nitrogen and oxygen atoms in total. The summed E-state index contributed by atoms with van der Waals surface area (Å²) in [5.41, 5.74) is -3.50. The fourth-order valence-electron chi connectivity index (χ4n) is 1.42. The van der Waals surface area contributed by atoms with E-state index in [-0.39, 0.29) is 16.6 Å². The summed E-state index contributed by atoms with van der Waals surface area (Å²) in [4.78, 5) is 0. The van der Waals surface area contributed by atoms with E-state index in [1.165, 1.54) is 0 Å². The fraction of sp³-hybridized carbons (Fsp3) is 1.00. The van der Waals surface area contributed by atoms with E-state index >= 15 is 0 Å². The van der Waals surface area contributed by atoms with Gasteiger partial charge in [0.25, 0.3) is 0 Å². The van der Waals surface area contributed by atoms with Crippen LogP contribution in [0.2, 0.25) is 0 Å². The van der Waals surface area contributed by atoms with E-state index in [0.717, 1.165) is 6.42 Å². The van der Waals surface area contributed by atoms with Crippen molar-refractivity contribution in [1.29, 1.82) is 0 Å². The summed E-state index contributed by atoms with van der Waals surface area (Å²) in [6.07, 6.45) is -4.60. The minimum absolute atomic E-state index is 0.0667. The molecule has 112 valence electrons. The lowest BCUT2D eigenvalue weighted by Gasteiger charge is -2.41. The van der Waals surface area contributed by atoms with Gasteiger partial charge >= 0.3 is 6.18 Å². The van der Waals surface area contributed by atoms with E-state index in [1.807, 2.05) is 0 Å². The van der Waals surface area contributed by atoms with Crippen LogP contribution in [-0.2, 0) is 0 Å². The normalized spacial score (nSPS) is 17.3. The highest BCUT2D eigenvalue weighted by Gasteiger charge is 2.50. The Morgan fingerprint density at radius 1 is 1.00 bits per heavy atom. The molecule has 1 atom stereocenters. The first kappa shape index (κ1) is 19.1. The molecule has 1 unspecified atom stereocenters. The largest absolute Gasteiger partial charge is 0.413 e. The van der Waals surface area contributed by atoms with Gasteiger partial charge in [0, 0.05) is 4.75 Å². The summed E-state index contributed by atoms with van der Waals surface area (Å²) >= 11 is 1.57. The van der Waals surface area contributed by atoms with Gasteiger partial charge in [-0.2, -0.15) is 24.9 Å². The van der Waals surface area contributed by atoms with Crippen molar-refractivity contribution in [2.24, 2.45) is 5.41 Å². The van der Waals surface area contributed by atoms with Gasteiger partial charge in [-0.15, -0.1) is 0 Å². The maximum atomic E-state index is 13.2. The molecule has 0 aromatic heterocycles. The predicted octanol–water partition coefficient (Wildman–Crippen LogP) is 5.11. The smallest absolute Gasteiger partial charge is 0.245 e. The second kappa shape index (κ2) is 6.27. The Balaban J connectivity index is 4.27. The van der Waals surface area contributed by atoms with Gasteiger partial charge in [-0.25, -0.2) is 4.39 Å². The van der Waals surface area contributed by atoms with E-state index in [0.29, 0.717) is 5.75 Å². The summed E-state index contributed by atoms with van der Waals surface area (Å²) in [6, 6.07) is 0. The lowest BCUT2D eigenvalue weighted by Crippen LogP contribution is -2.41. The molecule has 0 saturated carbocycles. The van der Waals surface area contributed by atoms with Crippen LogP contribution in [0.15, 0.2) is 0 Å². The Hall–Kier alpha value is 0.135. The maximum Gasteiger partial charge on any atom is 0.413 e. The van der Waals surface area contributed by atoms with Crippen molar-refractivity contribution in [1.82, 2.24) is 0 Å². The van der Waals surface area contributed by atoms with Crippen LogP contribution in [0.3, 0.4) is 0 Å². The molecule has 2 radical (unpaired) electrons. The number of thioether (sulfide) groups is 1. The van der Waals surface area contributed by atoms with Crippen molar-refractivity contribution in [3.63, 3.8) is 0 Å². The van der Waals surface area contributed by atoms with Crippen LogP contribution in [0.4, 0.5) is 17.6 Å². The van der Waals surface area contributed by atoms with Crippen LogP contribution in [-0.4, -0.2) is 30.1 Å². The molecule has 0 saturated heterocycles. The first-order chi connectivity index (χ1) is 8.27. The van der Waals surface area contributed by atoms with Gasteiger partial charge < -0.3 is 0 Å². The third kappa shape index (κ3) is 5.20. The van der Waals surface area contributed by atoms with Gasteiger partial charge in [0.2, 0.25) is 0 Å². The van der Waals surface area contributed by atoms with Crippen molar-refractivity contribution in [2.75, 3.05) is 5.75 Å². The first-order valence-electron chi connectivity index (χ1n) is 6.45. The van der Waals surface area contributed by atoms with Gasteiger partial charge in [-0.1, -0.05) is 34.6 Å². The summed E-state index contributed by atoms with van der Waals surface area (Å²) < 4.78 is 49.8. The third-order valence-electron chi connectivity index (χ3n) is 4.13. The summed E-state index contributed by atoms with van der Waals surface area (Å²) in [5, 5.41) is 0. The van der Waals surface area contributed by atoms with Crippen molar-refractivity contribution >= 4 is 19.6 Å². The summed E-state index contributed by atoms with van der Waals surface area (Å²) in [7, 11) is 4.65. The highest BCUT2D eigenvalue weighted by atomic mass is 32.2. The minimum atomic E-state index is -4.99. The Labute approximate surface area is 119 Å². The minimum Gasteiger partial charge on any atom is -0.245 e. The van der Waals surface area contributed by atoms with Crippen molar-refractivity contribution in [3.05, 3.63) is 0 Å². The number of halogens is 4. The molecule has 0 aliphatic heterocycles. The highest BCUT2D eigenvalue weighted by molar-refractivity contribution is 8.00. The average Bonchev–Trinajstić information content (AvgIpc) is 2.22. The number of hydrogen-bond donors (Lipinski definition) is 0. The van der Waals surface area contributed by atoms with E-state index in [1.54, 1.807) is 11.8 Å². The Kier molecular flexibility index (Phi) is 6.32. The van der Waals surface area contributed by atoms with E-state index < -0.39 is 18.2 Å². The zero-order chi connectivity index (χ0) is 15.5. The zero-order valence-corrected chi connectivity index (χ0v) is 13.1. The lowest BCUT2D eigenvalue weighted by atomic mass is 9.78. The molecule has 0 N–H and O–H groups in total. The number of rotatable bonds is 7. The zero-order valence-electron chi connectivity index (χ0n) is 12.3. The second-order valence-electron chi connectivity index (χ2n) is 6.06. The van der Waals surface area contributed by atoms with Crippen LogP contribution < -0.4 is 0 Å². The van der Waals surface area contributed by atoms with Gasteiger partial charge in [0.15, 0.2) is 5.57 Å². The molecule has 0 rings (SSSR count). The third-order valence-corrected chi connectivity index (χ3v) is 5.90. The molecule has 0 amide bonds. The molecule has 0 aromatic carbocycles. The molecule has 0 aromatic rings. The number of hydrogen-bond acceptors (Lipinski definition) is 1. The van der Waals surface area contributed by atoms with Crippen molar-refractivity contribution in [3.8, 4) is 0 Å². The SMILES string of the molecule is [B]C(F)(CCCSC(C)(C)C(C)(C)CC)C(F)(F)F. The Morgan fingerprint density at radius 3 is 1.84 bits per heavy atom. The highest BCUT2D eigenvalue weighted by Crippen LogP contribution is 2.44. The molecule has 0 aliphatic rings. The molecule has 0 aliphatic carbocycles. The molecular weight excluding hydrogens is 275 g/mol. The van der Waals surface area contributed by atoms with E-state index in [2.05, 4.69) is 42.5 Å². The monoisotopic (exact) mass is 298 g/mol. The quantitative estimate of drug-likeness (QED) is 0.357. The van der Waals surface area contributed by atoms with Gasteiger partial charge in [0.05, 0.1) is 0 Å². The predicted molar refractivity (Wildman–Crippen MR) is 75.5 cm³/mol. The summed E-state index contributed by atoms with van der Waals surface area (Å²) in [5.74, 6) is 0.468. The molecule has 0 heterocycles. The molecule has 0 spiro atoms. The van der Waals surface area contributed by atoms with Crippen LogP contribution in [0.1, 0.15) is 53.9 Å². The fourth-order valence-corrected chi connectivity index (χ4v) is 2.75. The van der Waals surface area contributed by atoms with E-state index in [4.69, 9.17) is 0 Å². The summed E-state index contributed by atoms with van der Waals surface area (Å²) in [6.45, 7) is 10.5. The number of alkyl halides is 4. The van der Waals surface area contributed by atoms with Crippen molar-refractivity contribution < 1.29 is 17.6 Å². The molecule has 0 bridgehead atoms. The molecule has 6 heteroatoms. The topological polar surface area (TPSA) is 0 Å². The Morgan fingerprint density at radius 2 is 1.47 bits per heavy atom. The molecule has 0 fully saturated rings. The first-order valence-corrected chi connectivity index (χ1v) is 7.44. The van der Waals surface area contributed by atoms with Crippen molar-refractivity contribution in [2.45, 2.75) is 70.4 Å². The van der Waals surface area contributed by atoms with Crippen LogP contribution >= 0.6 is 11.8 Å². The van der Waals surface area contributed by atoms with Crippen LogP contribution in [0.25, 0.3) is 0 Å². The van der Waals surface area contributed by atoms with Gasteiger partial charge in [-0.05, 0) is 30.4 Å². The van der Waals surface area contributed by atoms with Crippen LogP contribution in [0, 0.1) is 5.41 Å². The molecular formula is C13H23BF4S. The standard InChI is InChI=1S/C13H23BF4S/c1-6-10(2,3)11(4,5)19-9-7-8-12(14,15)13(16,17)18/h6-9H2,1-5H3. The van der Waals surface area contributed by atoms with Gasteiger partial charge in [-0.3, -0.25) is 0 Å². The second-order valence-corrected chi connectivity index (χ2v) is 7.78.